The van der Waals surface area contributed by atoms with Gasteiger partial charge in [0, 0.05) is 12.5 Å². The molecule has 13 heavy (non-hydrogen) atoms. The van der Waals surface area contributed by atoms with Crippen LogP contribution in [0.25, 0.3) is 0 Å². The minimum Gasteiger partial charge on any atom is -0.469 e. The third-order valence-electron chi connectivity index (χ3n) is 2.20. The molecule has 0 aliphatic carbocycles. The van der Waals surface area contributed by atoms with Crippen LogP contribution in [-0.4, -0.2) is 13.1 Å². The highest BCUT2D eigenvalue weighted by molar-refractivity contribution is 5.04. The molecule has 0 saturated carbocycles. The van der Waals surface area contributed by atoms with E-state index in [1.165, 1.54) is 5.57 Å². The Bertz CT molecular complexity index is 251. The van der Waals surface area contributed by atoms with Crippen LogP contribution in [0.4, 0.5) is 0 Å². The maximum atomic E-state index is 5.25. The number of hydrogen-bond acceptors (Lipinski definition) is 2. The Hall–Kier alpha value is -1.02. The molecule has 1 aromatic heterocycles. The summed E-state index contributed by atoms with van der Waals surface area (Å²) in [6.45, 7) is 5.98. The summed E-state index contributed by atoms with van der Waals surface area (Å²) in [5.41, 5.74) is 1.18. The van der Waals surface area contributed by atoms with Crippen LogP contribution in [-0.2, 0) is 6.42 Å². The highest BCUT2D eigenvalue weighted by Gasteiger charge is 2.07. The smallest absolute Gasteiger partial charge is 0.103 e. The van der Waals surface area contributed by atoms with E-state index >= 15 is 0 Å². The summed E-state index contributed by atoms with van der Waals surface area (Å²) in [7, 11) is 1.96. The summed E-state index contributed by atoms with van der Waals surface area (Å²) in [5.74, 6) is 1.04. The van der Waals surface area contributed by atoms with E-state index in [0.29, 0.717) is 6.04 Å². The van der Waals surface area contributed by atoms with Crippen LogP contribution in [0, 0.1) is 0 Å². The molecule has 0 aromatic carbocycles. The van der Waals surface area contributed by atoms with Gasteiger partial charge in [0.2, 0.25) is 0 Å². The van der Waals surface area contributed by atoms with Gasteiger partial charge in [0.15, 0.2) is 0 Å². The van der Waals surface area contributed by atoms with Crippen LogP contribution < -0.4 is 5.32 Å². The first-order valence-electron chi connectivity index (χ1n) is 4.59. The first-order valence-corrected chi connectivity index (χ1v) is 4.59. The number of nitrogens with one attached hydrogen (secondary N) is 1. The molecule has 0 saturated heterocycles. The average Bonchev–Trinajstić information content (AvgIpc) is 2.57. The Balaban J connectivity index is 2.36. The van der Waals surface area contributed by atoms with Gasteiger partial charge in [0.05, 0.1) is 6.26 Å². The second-order valence-electron chi connectivity index (χ2n) is 3.31. The van der Waals surface area contributed by atoms with Crippen molar-refractivity contribution in [3.63, 3.8) is 0 Å². The fourth-order valence-corrected chi connectivity index (χ4v) is 1.38. The summed E-state index contributed by atoms with van der Waals surface area (Å²) < 4.78 is 5.25. The number of likely N-dealkylation sites (N-methyl/N-ethyl adjacent to an activating group) is 1. The van der Waals surface area contributed by atoms with Crippen molar-refractivity contribution in [3.05, 3.63) is 36.3 Å². The zero-order valence-corrected chi connectivity index (χ0v) is 8.34. The van der Waals surface area contributed by atoms with Gasteiger partial charge in [-0.3, -0.25) is 0 Å². The quantitative estimate of drug-likeness (QED) is 0.702. The lowest BCUT2D eigenvalue weighted by atomic mass is 10.0. The van der Waals surface area contributed by atoms with E-state index in [1.54, 1.807) is 6.26 Å². The molecule has 2 heteroatoms. The molecule has 1 N–H and O–H groups in total. The molecule has 0 bridgehead atoms. The molecule has 0 aliphatic rings. The molecule has 72 valence electrons. The number of hydrogen-bond donors (Lipinski definition) is 1. The Labute approximate surface area is 79.6 Å². The standard InChI is InChI=1S/C11H17NO/c1-9(2)11(12-3)7-6-10-5-4-8-13-10/h4-5,8,11-12H,1,6-7H2,2-3H3. The fraction of sp³-hybridized carbons (Fsp3) is 0.455. The van der Waals surface area contributed by atoms with Crippen molar-refractivity contribution >= 4 is 0 Å². The molecular weight excluding hydrogens is 162 g/mol. The molecule has 0 aliphatic heterocycles. The Kier molecular flexibility index (Phi) is 3.77. The van der Waals surface area contributed by atoms with E-state index < -0.39 is 0 Å². The van der Waals surface area contributed by atoms with E-state index in [1.807, 2.05) is 26.1 Å². The van der Waals surface area contributed by atoms with Crippen LogP contribution >= 0.6 is 0 Å². The van der Waals surface area contributed by atoms with Crippen molar-refractivity contribution in [1.82, 2.24) is 5.32 Å². The van der Waals surface area contributed by atoms with Crippen LogP contribution in [0.15, 0.2) is 35.0 Å². The predicted octanol–water partition coefficient (Wildman–Crippen LogP) is 2.38. The van der Waals surface area contributed by atoms with Crippen molar-refractivity contribution in [1.29, 1.82) is 0 Å². The molecule has 1 atom stereocenters. The molecule has 1 unspecified atom stereocenters. The van der Waals surface area contributed by atoms with Crippen molar-refractivity contribution in [3.8, 4) is 0 Å². The first kappa shape index (κ1) is 10.1. The monoisotopic (exact) mass is 179 g/mol. The molecule has 1 rings (SSSR count). The summed E-state index contributed by atoms with van der Waals surface area (Å²) >= 11 is 0. The van der Waals surface area contributed by atoms with Crippen LogP contribution in [0.5, 0.6) is 0 Å². The van der Waals surface area contributed by atoms with Gasteiger partial charge in [-0.1, -0.05) is 12.2 Å². The number of aryl methyl sites for hydroxylation is 1. The number of rotatable bonds is 5. The minimum atomic E-state index is 0.394. The van der Waals surface area contributed by atoms with E-state index in [-0.39, 0.29) is 0 Å². The third kappa shape index (κ3) is 3.07. The van der Waals surface area contributed by atoms with Gasteiger partial charge in [0.1, 0.15) is 5.76 Å². The summed E-state index contributed by atoms with van der Waals surface area (Å²) in [6, 6.07) is 4.32. The second-order valence-corrected chi connectivity index (χ2v) is 3.31. The highest BCUT2D eigenvalue weighted by Crippen LogP contribution is 2.09. The molecule has 0 fully saturated rings. The zero-order valence-electron chi connectivity index (χ0n) is 8.34. The van der Waals surface area contributed by atoms with Crippen LogP contribution in [0.1, 0.15) is 19.1 Å². The molecular formula is C11H17NO. The van der Waals surface area contributed by atoms with Gasteiger partial charge >= 0.3 is 0 Å². The molecule has 2 nitrogen and oxygen atoms in total. The lowest BCUT2D eigenvalue weighted by Gasteiger charge is -2.14. The largest absolute Gasteiger partial charge is 0.469 e. The van der Waals surface area contributed by atoms with Crippen LogP contribution in [0.2, 0.25) is 0 Å². The lowest BCUT2D eigenvalue weighted by Crippen LogP contribution is -2.26. The van der Waals surface area contributed by atoms with Crippen molar-refractivity contribution in [2.45, 2.75) is 25.8 Å². The topological polar surface area (TPSA) is 25.2 Å². The van der Waals surface area contributed by atoms with Crippen molar-refractivity contribution in [2.24, 2.45) is 0 Å². The fourth-order valence-electron chi connectivity index (χ4n) is 1.38. The summed E-state index contributed by atoms with van der Waals surface area (Å²) in [5, 5.41) is 3.22. The molecule has 0 spiro atoms. The minimum absolute atomic E-state index is 0.394. The SMILES string of the molecule is C=C(C)C(CCc1ccco1)NC. The van der Waals surface area contributed by atoms with Gasteiger partial charge in [-0.25, -0.2) is 0 Å². The Morgan fingerprint density at radius 3 is 2.92 bits per heavy atom. The first-order chi connectivity index (χ1) is 6.24. The van der Waals surface area contributed by atoms with Crippen LogP contribution in [0.3, 0.4) is 0 Å². The van der Waals surface area contributed by atoms with Crippen molar-refractivity contribution < 1.29 is 4.42 Å². The van der Waals surface area contributed by atoms with Gasteiger partial charge in [-0.2, -0.15) is 0 Å². The van der Waals surface area contributed by atoms with Gasteiger partial charge in [0.25, 0.3) is 0 Å². The maximum Gasteiger partial charge on any atom is 0.103 e. The highest BCUT2D eigenvalue weighted by atomic mass is 16.3. The van der Waals surface area contributed by atoms with E-state index in [2.05, 4.69) is 11.9 Å². The van der Waals surface area contributed by atoms with E-state index in [0.717, 1.165) is 18.6 Å². The molecule has 1 heterocycles. The Morgan fingerprint density at radius 1 is 1.69 bits per heavy atom. The molecule has 0 amide bonds. The zero-order chi connectivity index (χ0) is 9.68. The number of furan rings is 1. The summed E-state index contributed by atoms with van der Waals surface area (Å²) in [6.07, 6.45) is 3.72. The second kappa shape index (κ2) is 4.87. The predicted molar refractivity (Wildman–Crippen MR) is 54.7 cm³/mol. The molecule has 0 radical (unpaired) electrons. The third-order valence-corrected chi connectivity index (χ3v) is 2.20. The van der Waals surface area contributed by atoms with Gasteiger partial charge in [-0.15, -0.1) is 0 Å². The normalized spacial score (nSPS) is 12.8. The lowest BCUT2D eigenvalue weighted by molar-refractivity contribution is 0.481. The summed E-state index contributed by atoms with van der Waals surface area (Å²) in [4.78, 5) is 0. The van der Waals surface area contributed by atoms with E-state index in [4.69, 9.17) is 4.42 Å². The van der Waals surface area contributed by atoms with E-state index in [9.17, 15) is 0 Å². The maximum absolute atomic E-state index is 5.25. The van der Waals surface area contributed by atoms with Gasteiger partial charge in [-0.05, 0) is 32.5 Å². The molecule has 1 aromatic rings. The van der Waals surface area contributed by atoms with Crippen molar-refractivity contribution in [2.75, 3.05) is 7.05 Å². The Morgan fingerprint density at radius 2 is 2.46 bits per heavy atom. The van der Waals surface area contributed by atoms with Gasteiger partial charge < -0.3 is 9.73 Å². The average molecular weight is 179 g/mol.